The summed E-state index contributed by atoms with van der Waals surface area (Å²) in [7, 11) is 0. The van der Waals surface area contributed by atoms with Gasteiger partial charge >= 0.3 is 0 Å². The quantitative estimate of drug-likeness (QED) is 0.775. The van der Waals surface area contributed by atoms with Crippen LogP contribution < -0.4 is 0 Å². The first-order chi connectivity index (χ1) is 7.68. The van der Waals surface area contributed by atoms with Crippen LogP contribution in [0.1, 0.15) is 38.7 Å². The van der Waals surface area contributed by atoms with Crippen LogP contribution in [0.15, 0.2) is 24.5 Å². The Hall–Kier alpha value is -0.890. The Labute approximate surface area is 98.7 Å². The molecule has 1 aromatic heterocycles. The number of pyridine rings is 1. The minimum atomic E-state index is 0.236. The maximum atomic E-state index is 4.09. The Morgan fingerprint density at radius 1 is 1.12 bits per heavy atom. The minimum absolute atomic E-state index is 0.236. The Morgan fingerprint density at radius 2 is 1.75 bits per heavy atom. The fourth-order valence-electron chi connectivity index (χ4n) is 2.57. The number of piperidine rings is 1. The molecule has 2 heterocycles. The van der Waals surface area contributed by atoms with Crippen LogP contribution >= 0.6 is 0 Å². The van der Waals surface area contributed by atoms with Crippen LogP contribution in [0.4, 0.5) is 0 Å². The number of hydrogen-bond donors (Lipinski definition) is 0. The molecule has 1 aromatic rings. The number of hydrogen-bond acceptors (Lipinski definition) is 2. The lowest BCUT2D eigenvalue weighted by atomic mass is 9.84. The topological polar surface area (TPSA) is 16.1 Å². The molecule has 2 nitrogen and oxygen atoms in total. The van der Waals surface area contributed by atoms with Crippen molar-refractivity contribution in [2.75, 3.05) is 19.6 Å². The van der Waals surface area contributed by atoms with Crippen LogP contribution in [-0.4, -0.2) is 29.5 Å². The van der Waals surface area contributed by atoms with Gasteiger partial charge in [-0.3, -0.25) is 4.98 Å². The maximum absolute atomic E-state index is 4.09. The molecule has 0 aliphatic carbocycles. The standard InChI is InChI=1S/C14H22N2/c1-14(2,13-6-8-15-9-7-13)12-16-10-4-3-5-11-16/h6-9H,3-5,10-12H2,1-2H3. The normalized spacial score (nSPS) is 18.6. The van der Waals surface area contributed by atoms with Gasteiger partial charge in [0, 0.05) is 24.4 Å². The highest BCUT2D eigenvalue weighted by atomic mass is 15.1. The van der Waals surface area contributed by atoms with E-state index in [1.54, 1.807) is 0 Å². The van der Waals surface area contributed by atoms with Crippen molar-refractivity contribution in [3.8, 4) is 0 Å². The molecule has 2 heteroatoms. The number of nitrogens with zero attached hydrogens (tertiary/aromatic N) is 2. The summed E-state index contributed by atoms with van der Waals surface area (Å²) >= 11 is 0. The van der Waals surface area contributed by atoms with Gasteiger partial charge in [0.2, 0.25) is 0 Å². The number of likely N-dealkylation sites (tertiary alicyclic amines) is 1. The summed E-state index contributed by atoms with van der Waals surface area (Å²) in [5, 5.41) is 0. The molecule has 0 unspecified atom stereocenters. The van der Waals surface area contributed by atoms with E-state index in [-0.39, 0.29) is 5.41 Å². The molecule has 0 bridgehead atoms. The fourth-order valence-corrected chi connectivity index (χ4v) is 2.57. The number of rotatable bonds is 3. The fraction of sp³-hybridized carbons (Fsp3) is 0.643. The Balaban J connectivity index is 2.01. The molecular formula is C14H22N2. The molecule has 1 aliphatic rings. The van der Waals surface area contributed by atoms with Crippen molar-refractivity contribution < 1.29 is 0 Å². The Kier molecular flexibility index (Phi) is 3.59. The second-order valence-electron chi connectivity index (χ2n) is 5.46. The molecule has 1 aliphatic heterocycles. The highest BCUT2D eigenvalue weighted by Gasteiger charge is 2.24. The lowest BCUT2D eigenvalue weighted by molar-refractivity contribution is 0.190. The molecule has 1 saturated heterocycles. The largest absolute Gasteiger partial charge is 0.302 e. The van der Waals surface area contributed by atoms with Crippen LogP contribution in [0.3, 0.4) is 0 Å². The molecule has 0 amide bonds. The van der Waals surface area contributed by atoms with Crippen molar-refractivity contribution in [1.29, 1.82) is 0 Å². The van der Waals surface area contributed by atoms with E-state index in [1.807, 2.05) is 12.4 Å². The van der Waals surface area contributed by atoms with Crippen LogP contribution in [0, 0.1) is 0 Å². The third-order valence-electron chi connectivity index (χ3n) is 3.53. The van der Waals surface area contributed by atoms with Crippen LogP contribution in [0.25, 0.3) is 0 Å². The second-order valence-corrected chi connectivity index (χ2v) is 5.46. The minimum Gasteiger partial charge on any atom is -0.302 e. The molecule has 0 aromatic carbocycles. The molecule has 0 radical (unpaired) electrons. The Bertz CT molecular complexity index is 313. The third kappa shape index (κ3) is 2.82. The summed E-state index contributed by atoms with van der Waals surface area (Å²) in [5.41, 5.74) is 1.63. The first-order valence-corrected chi connectivity index (χ1v) is 6.31. The van der Waals surface area contributed by atoms with Gasteiger partial charge in [0.05, 0.1) is 0 Å². The van der Waals surface area contributed by atoms with E-state index < -0.39 is 0 Å². The molecule has 1 fully saturated rings. The van der Waals surface area contributed by atoms with E-state index in [2.05, 4.69) is 35.9 Å². The maximum Gasteiger partial charge on any atom is 0.0270 e. The van der Waals surface area contributed by atoms with E-state index in [9.17, 15) is 0 Å². The monoisotopic (exact) mass is 218 g/mol. The molecule has 0 saturated carbocycles. The van der Waals surface area contributed by atoms with Crippen LogP contribution in [-0.2, 0) is 5.41 Å². The predicted molar refractivity (Wildman–Crippen MR) is 67.6 cm³/mol. The smallest absolute Gasteiger partial charge is 0.0270 e. The average Bonchev–Trinajstić information content (AvgIpc) is 2.31. The molecule has 0 atom stereocenters. The summed E-state index contributed by atoms with van der Waals surface area (Å²) in [4.78, 5) is 6.69. The van der Waals surface area contributed by atoms with Gasteiger partial charge in [0.25, 0.3) is 0 Å². The van der Waals surface area contributed by atoms with E-state index in [0.29, 0.717) is 0 Å². The first kappa shape index (κ1) is 11.6. The molecule has 2 rings (SSSR count). The molecule has 0 N–H and O–H groups in total. The predicted octanol–water partition coefficient (Wildman–Crippen LogP) is 2.85. The van der Waals surface area contributed by atoms with Gasteiger partial charge in [-0.05, 0) is 43.6 Å². The zero-order valence-corrected chi connectivity index (χ0v) is 10.4. The lowest BCUT2D eigenvalue weighted by Crippen LogP contribution is -2.39. The highest BCUT2D eigenvalue weighted by Crippen LogP contribution is 2.25. The van der Waals surface area contributed by atoms with Crippen LogP contribution in [0.5, 0.6) is 0 Å². The van der Waals surface area contributed by atoms with Gasteiger partial charge in [0.15, 0.2) is 0 Å². The van der Waals surface area contributed by atoms with E-state index >= 15 is 0 Å². The van der Waals surface area contributed by atoms with Gasteiger partial charge in [-0.2, -0.15) is 0 Å². The van der Waals surface area contributed by atoms with Crippen molar-refractivity contribution in [3.05, 3.63) is 30.1 Å². The Morgan fingerprint density at radius 3 is 2.38 bits per heavy atom. The summed E-state index contributed by atoms with van der Waals surface area (Å²) in [5.74, 6) is 0. The van der Waals surface area contributed by atoms with Gasteiger partial charge in [0.1, 0.15) is 0 Å². The summed E-state index contributed by atoms with van der Waals surface area (Å²) in [6.07, 6.45) is 7.94. The highest BCUT2D eigenvalue weighted by molar-refractivity contribution is 5.21. The van der Waals surface area contributed by atoms with Gasteiger partial charge in [-0.15, -0.1) is 0 Å². The van der Waals surface area contributed by atoms with E-state index in [1.165, 1.54) is 37.9 Å². The van der Waals surface area contributed by atoms with Crippen molar-refractivity contribution in [3.63, 3.8) is 0 Å². The zero-order valence-electron chi connectivity index (χ0n) is 10.4. The average molecular weight is 218 g/mol. The van der Waals surface area contributed by atoms with E-state index in [0.717, 1.165) is 6.54 Å². The summed E-state index contributed by atoms with van der Waals surface area (Å²) < 4.78 is 0. The first-order valence-electron chi connectivity index (χ1n) is 6.31. The van der Waals surface area contributed by atoms with Crippen molar-refractivity contribution >= 4 is 0 Å². The molecule has 0 spiro atoms. The SMILES string of the molecule is CC(C)(CN1CCCCC1)c1ccncc1. The lowest BCUT2D eigenvalue weighted by Gasteiger charge is -2.35. The molecule has 88 valence electrons. The van der Waals surface area contributed by atoms with Crippen molar-refractivity contribution in [2.24, 2.45) is 0 Å². The van der Waals surface area contributed by atoms with Crippen molar-refractivity contribution in [2.45, 2.75) is 38.5 Å². The zero-order chi connectivity index (χ0) is 11.4. The van der Waals surface area contributed by atoms with Gasteiger partial charge < -0.3 is 4.90 Å². The summed E-state index contributed by atoms with van der Waals surface area (Å²) in [6, 6.07) is 4.29. The van der Waals surface area contributed by atoms with Crippen LogP contribution in [0.2, 0.25) is 0 Å². The van der Waals surface area contributed by atoms with Crippen molar-refractivity contribution in [1.82, 2.24) is 9.88 Å². The van der Waals surface area contributed by atoms with E-state index in [4.69, 9.17) is 0 Å². The van der Waals surface area contributed by atoms with Gasteiger partial charge in [-0.25, -0.2) is 0 Å². The summed E-state index contributed by atoms with van der Waals surface area (Å²) in [6.45, 7) is 8.37. The third-order valence-corrected chi connectivity index (χ3v) is 3.53. The number of aromatic nitrogens is 1. The molecular weight excluding hydrogens is 196 g/mol. The van der Waals surface area contributed by atoms with Gasteiger partial charge in [-0.1, -0.05) is 20.3 Å². The second kappa shape index (κ2) is 4.96. The molecule has 16 heavy (non-hydrogen) atoms.